The molecule has 1 heterocycles. The molecule has 1 aromatic rings. The average Bonchev–Trinajstić information content (AvgIpc) is 2.26. The van der Waals surface area contributed by atoms with Crippen LogP contribution in [0.4, 0.5) is 0 Å². The lowest BCUT2D eigenvalue weighted by Crippen LogP contribution is -1.91. The van der Waals surface area contributed by atoms with E-state index in [9.17, 15) is 10.2 Å². The molecule has 74 valence electrons. The van der Waals surface area contributed by atoms with Crippen LogP contribution in [0, 0.1) is 0 Å². The Balaban J connectivity index is 2.96. The van der Waals surface area contributed by atoms with Gasteiger partial charge in [0.15, 0.2) is 5.88 Å². The summed E-state index contributed by atoms with van der Waals surface area (Å²) >= 11 is 1.54. The summed E-state index contributed by atoms with van der Waals surface area (Å²) in [6.45, 7) is 6.55. The predicted molar refractivity (Wildman–Crippen MR) is 54.4 cm³/mol. The molecule has 0 spiro atoms. The number of nitrogens with zero attached hydrogens (tertiary/aromatic N) is 1. The Hall–Kier alpha value is -0.770. The second kappa shape index (κ2) is 3.96. The summed E-state index contributed by atoms with van der Waals surface area (Å²) in [5.74, 6) is 0.293. The van der Waals surface area contributed by atoms with Crippen molar-refractivity contribution in [1.29, 1.82) is 0 Å². The quantitative estimate of drug-likeness (QED) is 0.738. The van der Waals surface area contributed by atoms with Gasteiger partial charge >= 0.3 is 0 Å². The van der Waals surface area contributed by atoms with Crippen LogP contribution in [-0.2, 0) is 6.54 Å². The second-order valence-electron chi connectivity index (χ2n) is 3.10. The lowest BCUT2D eigenvalue weighted by atomic mass is 10.6. The molecule has 0 bridgehead atoms. The Morgan fingerprint density at radius 3 is 2.46 bits per heavy atom. The van der Waals surface area contributed by atoms with E-state index in [1.807, 2.05) is 20.8 Å². The Labute approximate surface area is 82.4 Å². The fourth-order valence-electron chi connectivity index (χ4n) is 1.15. The van der Waals surface area contributed by atoms with Gasteiger partial charge in [-0.05, 0) is 6.92 Å². The zero-order valence-electron chi connectivity index (χ0n) is 8.11. The van der Waals surface area contributed by atoms with Gasteiger partial charge in [0.1, 0.15) is 0 Å². The molecule has 0 aliphatic heterocycles. The minimum absolute atomic E-state index is 0.128. The summed E-state index contributed by atoms with van der Waals surface area (Å²) in [6, 6.07) is 1.60. The summed E-state index contributed by atoms with van der Waals surface area (Å²) < 4.78 is 1.48. The highest BCUT2D eigenvalue weighted by Gasteiger charge is 2.13. The van der Waals surface area contributed by atoms with Crippen LogP contribution >= 0.6 is 11.8 Å². The molecule has 13 heavy (non-hydrogen) atoms. The normalized spacial score (nSPS) is 11.1. The molecule has 1 rings (SSSR count). The van der Waals surface area contributed by atoms with E-state index in [1.165, 1.54) is 4.57 Å². The van der Waals surface area contributed by atoms with Gasteiger partial charge in [0.25, 0.3) is 0 Å². The van der Waals surface area contributed by atoms with Gasteiger partial charge in [0, 0.05) is 17.9 Å². The van der Waals surface area contributed by atoms with Crippen LogP contribution in [0.3, 0.4) is 0 Å². The summed E-state index contributed by atoms with van der Waals surface area (Å²) in [6.07, 6.45) is 0. The summed E-state index contributed by atoms with van der Waals surface area (Å²) in [7, 11) is 0. The van der Waals surface area contributed by atoms with E-state index in [2.05, 4.69) is 0 Å². The highest BCUT2D eigenvalue weighted by Crippen LogP contribution is 2.36. The van der Waals surface area contributed by atoms with E-state index in [0.717, 1.165) is 4.90 Å². The highest BCUT2D eigenvalue weighted by molar-refractivity contribution is 8.00. The maximum atomic E-state index is 9.64. The number of thioether (sulfide) groups is 1. The van der Waals surface area contributed by atoms with Crippen LogP contribution in [-0.4, -0.2) is 20.0 Å². The molecule has 0 unspecified atom stereocenters. The van der Waals surface area contributed by atoms with Crippen molar-refractivity contribution < 1.29 is 10.2 Å². The molecule has 0 saturated heterocycles. The molecule has 1 aromatic heterocycles. The lowest BCUT2D eigenvalue weighted by Gasteiger charge is -2.04. The van der Waals surface area contributed by atoms with E-state index < -0.39 is 0 Å². The Kier molecular flexibility index (Phi) is 3.14. The van der Waals surface area contributed by atoms with E-state index in [0.29, 0.717) is 11.8 Å². The average molecular weight is 201 g/mol. The highest BCUT2D eigenvalue weighted by atomic mass is 32.2. The van der Waals surface area contributed by atoms with Crippen LogP contribution in [0.1, 0.15) is 20.8 Å². The first kappa shape index (κ1) is 10.3. The van der Waals surface area contributed by atoms with Gasteiger partial charge in [-0.15, -0.1) is 11.8 Å². The predicted octanol–water partition coefficient (Wildman–Crippen LogP) is 2.42. The lowest BCUT2D eigenvalue weighted by molar-refractivity contribution is 0.369. The largest absolute Gasteiger partial charge is 0.494 e. The minimum Gasteiger partial charge on any atom is -0.494 e. The Bertz CT molecular complexity index is 294. The van der Waals surface area contributed by atoms with Crippen LogP contribution in [0.2, 0.25) is 0 Å². The Morgan fingerprint density at radius 1 is 1.46 bits per heavy atom. The molecule has 0 aliphatic carbocycles. The zero-order valence-corrected chi connectivity index (χ0v) is 8.93. The maximum absolute atomic E-state index is 9.64. The van der Waals surface area contributed by atoms with Crippen molar-refractivity contribution in [3.63, 3.8) is 0 Å². The van der Waals surface area contributed by atoms with Crippen molar-refractivity contribution in [2.24, 2.45) is 0 Å². The van der Waals surface area contributed by atoms with Crippen LogP contribution in [0.15, 0.2) is 11.0 Å². The third-order valence-corrected chi connectivity index (χ3v) is 2.72. The molecule has 2 N–H and O–H groups in total. The minimum atomic E-state index is 0.128. The zero-order chi connectivity index (χ0) is 10.0. The van der Waals surface area contributed by atoms with E-state index in [4.69, 9.17) is 0 Å². The van der Waals surface area contributed by atoms with Gasteiger partial charge in [-0.2, -0.15) is 0 Å². The van der Waals surface area contributed by atoms with Gasteiger partial charge in [-0.1, -0.05) is 13.8 Å². The third-order valence-electron chi connectivity index (χ3n) is 1.69. The number of rotatable bonds is 3. The SMILES string of the molecule is CCn1c(O)cc(SC(C)C)c1O. The molecule has 0 saturated carbocycles. The molecular weight excluding hydrogens is 186 g/mol. The van der Waals surface area contributed by atoms with Crippen molar-refractivity contribution in [3.8, 4) is 11.8 Å². The summed E-state index contributed by atoms with van der Waals surface area (Å²) in [5, 5.41) is 19.5. The van der Waals surface area contributed by atoms with Crippen LogP contribution in [0.25, 0.3) is 0 Å². The molecule has 0 aromatic carbocycles. The topological polar surface area (TPSA) is 45.4 Å². The van der Waals surface area contributed by atoms with Crippen molar-refractivity contribution >= 4 is 11.8 Å². The van der Waals surface area contributed by atoms with Crippen molar-refractivity contribution in [3.05, 3.63) is 6.07 Å². The molecule has 0 radical (unpaired) electrons. The van der Waals surface area contributed by atoms with Gasteiger partial charge in [-0.25, -0.2) is 0 Å². The van der Waals surface area contributed by atoms with E-state index in [-0.39, 0.29) is 11.8 Å². The number of aromatic hydroxyl groups is 2. The van der Waals surface area contributed by atoms with Crippen molar-refractivity contribution in [2.45, 2.75) is 37.5 Å². The van der Waals surface area contributed by atoms with Crippen LogP contribution < -0.4 is 0 Å². The molecule has 0 aliphatic rings. The summed E-state index contributed by atoms with van der Waals surface area (Å²) in [4.78, 5) is 0.745. The molecular formula is C9H15NO2S. The fourth-order valence-corrected chi connectivity index (χ4v) is 2.05. The van der Waals surface area contributed by atoms with Gasteiger partial charge in [-0.3, -0.25) is 4.57 Å². The molecule has 4 heteroatoms. The standard InChI is InChI=1S/C9H15NO2S/c1-4-10-8(11)5-7(9(10)12)13-6(2)3/h5-6,11-12H,4H2,1-3H3. The van der Waals surface area contributed by atoms with Gasteiger partial charge in [0.05, 0.1) is 4.90 Å². The number of hydrogen-bond donors (Lipinski definition) is 2. The fraction of sp³-hybridized carbons (Fsp3) is 0.556. The van der Waals surface area contributed by atoms with Crippen molar-refractivity contribution in [1.82, 2.24) is 4.57 Å². The molecule has 0 fully saturated rings. The van der Waals surface area contributed by atoms with E-state index >= 15 is 0 Å². The maximum Gasteiger partial charge on any atom is 0.208 e. The van der Waals surface area contributed by atoms with Crippen LogP contribution in [0.5, 0.6) is 11.8 Å². The second-order valence-corrected chi connectivity index (χ2v) is 4.72. The first-order valence-corrected chi connectivity index (χ1v) is 5.22. The third kappa shape index (κ3) is 2.12. The summed E-state index contributed by atoms with van der Waals surface area (Å²) in [5.41, 5.74) is 0. The number of aromatic nitrogens is 1. The smallest absolute Gasteiger partial charge is 0.208 e. The van der Waals surface area contributed by atoms with E-state index in [1.54, 1.807) is 17.8 Å². The number of hydrogen-bond acceptors (Lipinski definition) is 3. The van der Waals surface area contributed by atoms with Gasteiger partial charge in [0.2, 0.25) is 5.88 Å². The molecule has 0 atom stereocenters. The first-order chi connectivity index (χ1) is 6.06. The molecule has 3 nitrogen and oxygen atoms in total. The monoisotopic (exact) mass is 201 g/mol. The molecule has 0 amide bonds. The Morgan fingerprint density at radius 2 is 2.08 bits per heavy atom. The first-order valence-electron chi connectivity index (χ1n) is 4.34. The van der Waals surface area contributed by atoms with Gasteiger partial charge < -0.3 is 10.2 Å². The van der Waals surface area contributed by atoms with Crippen molar-refractivity contribution in [2.75, 3.05) is 0 Å².